The molecular formula is C35H49N5O6. The number of likely N-dealkylation sites (N-methyl/N-ethyl adjacent to an activating group) is 1. The van der Waals surface area contributed by atoms with Crippen molar-refractivity contribution in [3.8, 4) is 11.5 Å². The lowest BCUT2D eigenvalue weighted by Gasteiger charge is -2.26. The lowest BCUT2D eigenvalue weighted by molar-refractivity contribution is -0.131. The van der Waals surface area contributed by atoms with Gasteiger partial charge < -0.3 is 35.4 Å². The first-order valence-corrected chi connectivity index (χ1v) is 15.8. The number of rotatable bonds is 15. The lowest BCUT2D eigenvalue weighted by Crippen LogP contribution is -2.57. The summed E-state index contributed by atoms with van der Waals surface area (Å²) in [5.41, 5.74) is 1.56. The van der Waals surface area contributed by atoms with E-state index in [4.69, 9.17) is 19.6 Å². The second kappa shape index (κ2) is 17.4. The molecule has 11 heteroatoms. The van der Waals surface area contributed by atoms with Crippen molar-refractivity contribution >= 4 is 34.3 Å². The van der Waals surface area contributed by atoms with Crippen molar-refractivity contribution in [1.82, 2.24) is 25.8 Å². The number of benzene rings is 1. The Hall–Kier alpha value is -4.38. The first-order valence-electron chi connectivity index (χ1n) is 15.8. The highest BCUT2D eigenvalue weighted by molar-refractivity contribution is 5.97. The highest BCUT2D eigenvalue weighted by atomic mass is 16.5. The molecule has 3 atom stereocenters. The van der Waals surface area contributed by atoms with Crippen molar-refractivity contribution in [2.45, 2.75) is 63.5 Å². The maximum atomic E-state index is 13.6. The number of amides is 4. The Labute approximate surface area is 272 Å². The number of nitrogens with zero attached hydrogens (tertiary/aromatic N) is 2. The third kappa shape index (κ3) is 9.09. The van der Waals surface area contributed by atoms with Crippen LogP contribution >= 0.6 is 0 Å². The van der Waals surface area contributed by atoms with Crippen LogP contribution in [0.3, 0.4) is 0 Å². The van der Waals surface area contributed by atoms with Crippen LogP contribution in [0.2, 0.25) is 0 Å². The van der Waals surface area contributed by atoms with E-state index in [9.17, 15) is 14.4 Å². The molecule has 46 heavy (non-hydrogen) atoms. The van der Waals surface area contributed by atoms with Crippen molar-refractivity contribution in [3.05, 3.63) is 60.8 Å². The first-order chi connectivity index (χ1) is 22.2. The van der Waals surface area contributed by atoms with Crippen LogP contribution in [0.4, 0.5) is 4.79 Å². The van der Waals surface area contributed by atoms with Gasteiger partial charge in [0.1, 0.15) is 23.1 Å². The minimum Gasteiger partial charge on any atom is -0.497 e. The molecule has 1 fully saturated rings. The Morgan fingerprint density at radius 2 is 1.98 bits per heavy atom. The molecule has 0 bridgehead atoms. The van der Waals surface area contributed by atoms with Gasteiger partial charge in [-0.25, -0.2) is 9.78 Å². The van der Waals surface area contributed by atoms with Crippen LogP contribution in [-0.2, 0) is 9.59 Å². The van der Waals surface area contributed by atoms with E-state index in [2.05, 4.69) is 40.8 Å². The zero-order valence-electron chi connectivity index (χ0n) is 27.7. The van der Waals surface area contributed by atoms with Crippen molar-refractivity contribution in [1.29, 1.82) is 0 Å². The topological polar surface area (TPSA) is 142 Å². The number of hydrogen-bond acceptors (Lipinski definition) is 7. The SMILES string of the molecule is C=CCCCCN(C)C(=O)NC(CCOc1cc(C2=CCCC=C2)nc2cc(OC)ccc12)C(=O)N[C@]1(C(=O)NC)CC1C.CO. The van der Waals surface area contributed by atoms with Gasteiger partial charge in [-0.3, -0.25) is 9.59 Å². The van der Waals surface area contributed by atoms with Crippen molar-refractivity contribution in [2.24, 2.45) is 5.92 Å². The molecule has 0 spiro atoms. The number of ether oxygens (including phenoxy) is 2. The standard InChI is InChI=1S/C34H45N5O5.CH4O/c1-6-7-8-12-18-39(4)33(42)37-27(31(40)38-34(22-23(34)2)32(41)35-3)17-19-44-30-21-28(24-13-10-9-11-14-24)36-29-20-25(43-5)15-16-26(29)30;1-2/h6,10,13-16,20-21,23,27H,1,7-9,11-12,17-19,22H2,2-5H3,(H,35,41)(H,37,42)(H,38,40);2H,1H3/t23?,27?,34-;/m1./s1. The second-order valence-corrected chi connectivity index (χ2v) is 11.5. The van der Waals surface area contributed by atoms with E-state index in [1.165, 1.54) is 0 Å². The Morgan fingerprint density at radius 1 is 1.22 bits per heavy atom. The molecule has 1 aromatic carbocycles. The van der Waals surface area contributed by atoms with Crippen LogP contribution in [0.1, 0.15) is 57.6 Å². The summed E-state index contributed by atoms with van der Waals surface area (Å²) < 4.78 is 11.7. The monoisotopic (exact) mass is 635 g/mol. The number of carbonyl (C=O) groups excluding carboxylic acids is 3. The predicted molar refractivity (Wildman–Crippen MR) is 181 cm³/mol. The van der Waals surface area contributed by atoms with Gasteiger partial charge in [-0.15, -0.1) is 6.58 Å². The van der Waals surface area contributed by atoms with Gasteiger partial charge in [0.25, 0.3) is 0 Å². The molecule has 2 aliphatic carbocycles. The summed E-state index contributed by atoms with van der Waals surface area (Å²) >= 11 is 0. The maximum absolute atomic E-state index is 13.6. The predicted octanol–water partition coefficient (Wildman–Crippen LogP) is 4.36. The summed E-state index contributed by atoms with van der Waals surface area (Å²) in [4.78, 5) is 45.7. The molecule has 0 radical (unpaired) electrons. The minimum absolute atomic E-state index is 0.00623. The maximum Gasteiger partial charge on any atom is 0.317 e. The summed E-state index contributed by atoms with van der Waals surface area (Å²) in [6.07, 6.45) is 13.5. The van der Waals surface area contributed by atoms with E-state index in [0.29, 0.717) is 24.5 Å². The molecule has 11 nitrogen and oxygen atoms in total. The molecule has 4 N–H and O–H groups in total. The van der Waals surface area contributed by atoms with Gasteiger partial charge in [-0.1, -0.05) is 31.2 Å². The fraction of sp³-hybridized carbons (Fsp3) is 0.486. The van der Waals surface area contributed by atoms with E-state index in [1.807, 2.05) is 37.3 Å². The smallest absolute Gasteiger partial charge is 0.317 e. The van der Waals surface area contributed by atoms with Gasteiger partial charge in [0.05, 0.1) is 24.9 Å². The quantitative estimate of drug-likeness (QED) is 0.168. The summed E-state index contributed by atoms with van der Waals surface area (Å²) in [7, 11) is 5.87. The normalized spacial score (nSPS) is 18.7. The van der Waals surface area contributed by atoms with Crippen LogP contribution in [-0.4, -0.2) is 85.9 Å². The average molecular weight is 636 g/mol. The third-order valence-corrected chi connectivity index (χ3v) is 8.33. The average Bonchev–Trinajstić information content (AvgIpc) is 3.75. The molecule has 2 aliphatic rings. The highest BCUT2D eigenvalue weighted by Crippen LogP contribution is 2.43. The van der Waals surface area contributed by atoms with E-state index >= 15 is 0 Å². The van der Waals surface area contributed by atoms with Gasteiger partial charge in [0, 0.05) is 51.7 Å². The fourth-order valence-corrected chi connectivity index (χ4v) is 5.43. The Bertz CT molecular complexity index is 1440. The number of pyridine rings is 1. The van der Waals surface area contributed by atoms with Gasteiger partial charge in [-0.2, -0.15) is 0 Å². The molecule has 0 aliphatic heterocycles. The molecule has 1 saturated carbocycles. The number of methoxy groups -OCH3 is 1. The van der Waals surface area contributed by atoms with Crippen LogP contribution in [0.5, 0.6) is 11.5 Å². The summed E-state index contributed by atoms with van der Waals surface area (Å²) in [6, 6.07) is 6.26. The Morgan fingerprint density at radius 3 is 2.61 bits per heavy atom. The molecule has 1 aromatic heterocycles. The van der Waals surface area contributed by atoms with Gasteiger partial charge in [-0.05, 0) is 62.1 Å². The number of aliphatic hydroxyl groups is 1. The Balaban J connectivity index is 0.00000282. The fourth-order valence-electron chi connectivity index (χ4n) is 5.43. The molecular weight excluding hydrogens is 586 g/mol. The molecule has 4 amide bonds. The van der Waals surface area contributed by atoms with Crippen LogP contribution in [0.25, 0.3) is 16.5 Å². The molecule has 2 aromatic rings. The number of nitrogens with one attached hydrogen (secondary N) is 3. The number of aliphatic hydroxyl groups excluding tert-OH is 1. The van der Waals surface area contributed by atoms with Crippen LogP contribution in [0.15, 0.2) is 55.1 Å². The van der Waals surface area contributed by atoms with Crippen molar-refractivity contribution < 1.29 is 29.0 Å². The third-order valence-electron chi connectivity index (χ3n) is 8.33. The molecule has 250 valence electrons. The van der Waals surface area contributed by atoms with E-state index in [-0.39, 0.29) is 30.9 Å². The largest absolute Gasteiger partial charge is 0.497 e. The summed E-state index contributed by atoms with van der Waals surface area (Å²) in [6.45, 7) is 6.35. The number of hydrogen-bond donors (Lipinski definition) is 4. The van der Waals surface area contributed by atoms with E-state index in [1.54, 1.807) is 26.1 Å². The number of allylic oxidation sites excluding steroid dienone is 5. The van der Waals surface area contributed by atoms with Crippen molar-refractivity contribution in [2.75, 3.05) is 41.5 Å². The van der Waals surface area contributed by atoms with Crippen molar-refractivity contribution in [3.63, 3.8) is 0 Å². The number of aromatic nitrogens is 1. The molecule has 1 heterocycles. The molecule has 2 unspecified atom stereocenters. The van der Waals surface area contributed by atoms with E-state index < -0.39 is 17.5 Å². The van der Waals surface area contributed by atoms with E-state index in [0.717, 1.165) is 61.4 Å². The van der Waals surface area contributed by atoms with Gasteiger partial charge >= 0.3 is 6.03 Å². The first kappa shape index (κ1) is 36.1. The number of urea groups is 1. The Kier molecular flexibility index (Phi) is 13.6. The summed E-state index contributed by atoms with van der Waals surface area (Å²) in [5.74, 6) is 0.644. The second-order valence-electron chi connectivity index (χ2n) is 11.5. The van der Waals surface area contributed by atoms with Gasteiger partial charge in [0.2, 0.25) is 11.8 Å². The number of fused-ring (bicyclic) bond motifs is 1. The van der Waals surface area contributed by atoms with Crippen LogP contribution in [0, 0.1) is 5.92 Å². The minimum atomic E-state index is -0.969. The molecule has 4 rings (SSSR count). The number of unbranched alkanes of at least 4 members (excludes halogenated alkanes) is 2. The number of carbonyl (C=O) groups is 3. The van der Waals surface area contributed by atoms with Gasteiger partial charge in [0.15, 0.2) is 0 Å². The lowest BCUT2D eigenvalue weighted by atomic mass is 10.0. The summed E-state index contributed by atoms with van der Waals surface area (Å²) in [5, 5.41) is 16.3. The zero-order chi connectivity index (χ0) is 33.7. The highest BCUT2D eigenvalue weighted by Gasteiger charge is 2.58. The zero-order valence-corrected chi connectivity index (χ0v) is 27.7. The van der Waals surface area contributed by atoms with Crippen LogP contribution < -0.4 is 25.4 Å². The molecule has 0 saturated heterocycles.